The summed E-state index contributed by atoms with van der Waals surface area (Å²) in [5, 5.41) is 0. The Kier molecular flexibility index (Phi) is 4.83. The molecule has 1 saturated carbocycles. The van der Waals surface area contributed by atoms with Gasteiger partial charge in [-0.15, -0.1) is 0 Å². The highest BCUT2D eigenvalue weighted by atomic mass is 16.5. The van der Waals surface area contributed by atoms with Crippen LogP contribution in [-0.4, -0.2) is 43.3 Å². The van der Waals surface area contributed by atoms with Crippen LogP contribution in [0.15, 0.2) is 0 Å². The minimum atomic E-state index is -0.00259. The molecule has 0 aromatic heterocycles. The number of rotatable bonds is 5. The molecule has 0 spiro atoms. The van der Waals surface area contributed by atoms with Gasteiger partial charge in [0.15, 0.2) is 0 Å². The maximum Gasteiger partial charge on any atom is 0.0807 e. The van der Waals surface area contributed by atoms with E-state index >= 15 is 0 Å². The molecule has 0 aromatic carbocycles. The van der Waals surface area contributed by atoms with Crippen molar-refractivity contribution in [2.24, 2.45) is 11.7 Å². The molecule has 2 atom stereocenters. The second-order valence-corrected chi connectivity index (χ2v) is 5.99. The van der Waals surface area contributed by atoms with Gasteiger partial charge < -0.3 is 15.4 Å². The molecule has 0 aromatic rings. The van der Waals surface area contributed by atoms with Gasteiger partial charge in [0.2, 0.25) is 0 Å². The van der Waals surface area contributed by atoms with Crippen LogP contribution in [0.2, 0.25) is 0 Å². The molecular weight excluding hydrogens is 212 g/mol. The first-order chi connectivity index (χ1) is 8.24. The summed E-state index contributed by atoms with van der Waals surface area (Å²) >= 11 is 0. The minimum absolute atomic E-state index is 0.00259. The Labute approximate surface area is 106 Å². The highest BCUT2D eigenvalue weighted by molar-refractivity contribution is 4.88. The van der Waals surface area contributed by atoms with E-state index in [0.717, 1.165) is 31.9 Å². The van der Waals surface area contributed by atoms with Gasteiger partial charge in [-0.05, 0) is 44.7 Å². The lowest BCUT2D eigenvalue weighted by molar-refractivity contribution is -0.0783. The van der Waals surface area contributed by atoms with Gasteiger partial charge in [-0.1, -0.05) is 19.8 Å². The molecule has 3 heteroatoms. The molecular formula is C14H28N2O. The second-order valence-electron chi connectivity index (χ2n) is 5.99. The van der Waals surface area contributed by atoms with Crippen LogP contribution in [0.4, 0.5) is 0 Å². The summed E-state index contributed by atoms with van der Waals surface area (Å²) in [6.07, 6.45) is 7.66. The normalized spacial score (nSPS) is 35.3. The molecule has 1 heterocycles. The number of hydrogen-bond acceptors (Lipinski definition) is 3. The Balaban J connectivity index is 1.74. The van der Waals surface area contributed by atoms with E-state index in [9.17, 15) is 0 Å². The molecule has 2 rings (SSSR count). The predicted molar refractivity (Wildman–Crippen MR) is 71.0 cm³/mol. The van der Waals surface area contributed by atoms with Crippen molar-refractivity contribution in [3.8, 4) is 0 Å². The molecule has 17 heavy (non-hydrogen) atoms. The van der Waals surface area contributed by atoms with Gasteiger partial charge in [-0.2, -0.15) is 0 Å². The zero-order valence-corrected chi connectivity index (χ0v) is 11.3. The average Bonchev–Trinajstić information content (AvgIpc) is 2.82. The van der Waals surface area contributed by atoms with Crippen LogP contribution >= 0.6 is 0 Å². The number of likely N-dealkylation sites (tertiary alicyclic amines) is 1. The highest BCUT2D eigenvalue weighted by Gasteiger charge is 2.34. The average molecular weight is 240 g/mol. The smallest absolute Gasteiger partial charge is 0.0807 e. The number of hydrogen-bond donors (Lipinski definition) is 1. The van der Waals surface area contributed by atoms with Crippen molar-refractivity contribution in [2.45, 2.75) is 51.0 Å². The van der Waals surface area contributed by atoms with Crippen molar-refractivity contribution in [2.75, 3.05) is 32.8 Å². The van der Waals surface area contributed by atoms with E-state index in [-0.39, 0.29) is 5.60 Å². The molecule has 1 saturated heterocycles. The third-order valence-corrected chi connectivity index (χ3v) is 4.44. The van der Waals surface area contributed by atoms with E-state index < -0.39 is 0 Å². The molecule has 0 amide bonds. The SMILES string of the molecule is CC1CCCC(CN)(OCCN2CCCC2)C1. The molecule has 0 bridgehead atoms. The van der Waals surface area contributed by atoms with Gasteiger partial charge >= 0.3 is 0 Å². The lowest BCUT2D eigenvalue weighted by Crippen LogP contribution is -2.45. The van der Waals surface area contributed by atoms with Crippen LogP contribution in [0.25, 0.3) is 0 Å². The minimum Gasteiger partial charge on any atom is -0.372 e. The van der Waals surface area contributed by atoms with E-state index in [2.05, 4.69) is 11.8 Å². The topological polar surface area (TPSA) is 38.5 Å². The van der Waals surface area contributed by atoms with Crippen LogP contribution in [0, 0.1) is 5.92 Å². The summed E-state index contributed by atoms with van der Waals surface area (Å²) in [4.78, 5) is 2.51. The Bertz CT molecular complexity index is 228. The number of ether oxygens (including phenoxy) is 1. The van der Waals surface area contributed by atoms with Crippen molar-refractivity contribution >= 4 is 0 Å². The second kappa shape index (κ2) is 6.17. The van der Waals surface area contributed by atoms with E-state index in [4.69, 9.17) is 10.5 Å². The van der Waals surface area contributed by atoms with Gasteiger partial charge in [-0.25, -0.2) is 0 Å². The van der Waals surface area contributed by atoms with E-state index in [0.29, 0.717) is 6.54 Å². The monoisotopic (exact) mass is 240 g/mol. The fraction of sp³-hybridized carbons (Fsp3) is 1.00. The lowest BCUT2D eigenvalue weighted by Gasteiger charge is -2.39. The Morgan fingerprint density at radius 3 is 2.71 bits per heavy atom. The molecule has 2 aliphatic rings. The molecule has 2 fully saturated rings. The van der Waals surface area contributed by atoms with Crippen molar-refractivity contribution in [3.05, 3.63) is 0 Å². The molecule has 1 aliphatic carbocycles. The third-order valence-electron chi connectivity index (χ3n) is 4.44. The predicted octanol–water partition coefficient (Wildman–Crippen LogP) is 2.01. The van der Waals surface area contributed by atoms with Gasteiger partial charge in [0.1, 0.15) is 0 Å². The van der Waals surface area contributed by atoms with Crippen molar-refractivity contribution in [3.63, 3.8) is 0 Å². The molecule has 2 N–H and O–H groups in total. The van der Waals surface area contributed by atoms with E-state index in [1.807, 2.05) is 0 Å². The maximum atomic E-state index is 6.19. The third kappa shape index (κ3) is 3.67. The number of nitrogens with zero attached hydrogens (tertiary/aromatic N) is 1. The summed E-state index contributed by atoms with van der Waals surface area (Å²) in [5.74, 6) is 0.777. The Morgan fingerprint density at radius 2 is 2.06 bits per heavy atom. The quantitative estimate of drug-likeness (QED) is 0.799. The number of nitrogens with two attached hydrogens (primary N) is 1. The van der Waals surface area contributed by atoms with Crippen molar-refractivity contribution in [1.29, 1.82) is 0 Å². The summed E-state index contributed by atoms with van der Waals surface area (Å²) in [6, 6.07) is 0. The van der Waals surface area contributed by atoms with Crippen LogP contribution in [0.5, 0.6) is 0 Å². The lowest BCUT2D eigenvalue weighted by atomic mass is 9.79. The Hall–Kier alpha value is -0.120. The standard InChI is InChI=1S/C14H28N2O/c1-13-5-4-6-14(11-13,12-15)17-10-9-16-7-2-3-8-16/h13H,2-12,15H2,1H3. The molecule has 1 aliphatic heterocycles. The first-order valence-electron chi connectivity index (χ1n) is 7.30. The first kappa shape index (κ1) is 13.3. The van der Waals surface area contributed by atoms with Gasteiger partial charge in [-0.3, -0.25) is 0 Å². The van der Waals surface area contributed by atoms with Crippen LogP contribution in [-0.2, 0) is 4.74 Å². The van der Waals surface area contributed by atoms with Gasteiger partial charge in [0.25, 0.3) is 0 Å². The van der Waals surface area contributed by atoms with E-state index in [1.54, 1.807) is 0 Å². The summed E-state index contributed by atoms with van der Waals surface area (Å²) in [7, 11) is 0. The fourth-order valence-electron chi connectivity index (χ4n) is 3.38. The molecule has 100 valence electrons. The molecule has 0 radical (unpaired) electrons. The van der Waals surface area contributed by atoms with Gasteiger partial charge in [0.05, 0.1) is 12.2 Å². The zero-order chi connectivity index (χ0) is 12.1. The fourth-order valence-corrected chi connectivity index (χ4v) is 3.38. The highest BCUT2D eigenvalue weighted by Crippen LogP contribution is 2.34. The van der Waals surface area contributed by atoms with E-state index in [1.165, 1.54) is 38.8 Å². The summed E-state index contributed by atoms with van der Waals surface area (Å²) in [5.41, 5.74) is 5.95. The van der Waals surface area contributed by atoms with Crippen molar-refractivity contribution in [1.82, 2.24) is 4.90 Å². The van der Waals surface area contributed by atoms with Crippen LogP contribution in [0.1, 0.15) is 45.4 Å². The summed E-state index contributed by atoms with van der Waals surface area (Å²) in [6.45, 7) is 7.50. The van der Waals surface area contributed by atoms with Crippen LogP contribution < -0.4 is 5.73 Å². The largest absolute Gasteiger partial charge is 0.372 e. The molecule has 2 unspecified atom stereocenters. The van der Waals surface area contributed by atoms with Gasteiger partial charge in [0, 0.05) is 13.1 Å². The maximum absolute atomic E-state index is 6.19. The summed E-state index contributed by atoms with van der Waals surface area (Å²) < 4.78 is 6.19. The Morgan fingerprint density at radius 1 is 1.29 bits per heavy atom. The van der Waals surface area contributed by atoms with Crippen molar-refractivity contribution < 1.29 is 4.74 Å². The molecule has 3 nitrogen and oxygen atoms in total. The first-order valence-corrected chi connectivity index (χ1v) is 7.30. The zero-order valence-electron chi connectivity index (χ0n) is 11.3. The van der Waals surface area contributed by atoms with Crippen LogP contribution in [0.3, 0.4) is 0 Å².